The highest BCUT2D eigenvalue weighted by Gasteiger charge is 2.40. The number of carbonyl (C=O) groups excluding carboxylic acids is 1. The summed E-state index contributed by atoms with van der Waals surface area (Å²) in [5.74, 6) is 0. The number of nitrogens with zero attached hydrogens (tertiary/aromatic N) is 1. The second kappa shape index (κ2) is 5.39. The van der Waals surface area contributed by atoms with Crippen LogP contribution in [0.25, 0.3) is 0 Å². The molecule has 102 valence electrons. The maximum Gasteiger partial charge on any atom is 0.410 e. The first-order chi connectivity index (χ1) is 9.24. The lowest BCUT2D eigenvalue weighted by Gasteiger charge is -2.48. The number of hydrogen-bond donors (Lipinski definition) is 1. The minimum absolute atomic E-state index is 0.203. The number of hydrogen-bond acceptors (Lipinski definition) is 3. The normalized spacial score (nSPS) is 25.4. The molecule has 4 nitrogen and oxygen atoms in total. The summed E-state index contributed by atoms with van der Waals surface area (Å²) >= 11 is 5.82. The number of amides is 1. The first-order valence-electron chi connectivity index (χ1n) is 6.65. The van der Waals surface area contributed by atoms with Crippen molar-refractivity contribution in [3.8, 4) is 0 Å². The van der Waals surface area contributed by atoms with Crippen LogP contribution in [0, 0.1) is 0 Å². The third kappa shape index (κ3) is 2.69. The zero-order chi connectivity index (χ0) is 13.2. The fraction of sp³-hybridized carbons (Fsp3) is 0.500. The number of carbonyl (C=O) groups is 1. The predicted octanol–water partition coefficient (Wildman–Crippen LogP) is 2.41. The van der Waals surface area contributed by atoms with Gasteiger partial charge in [-0.2, -0.15) is 0 Å². The molecule has 1 aliphatic carbocycles. The van der Waals surface area contributed by atoms with E-state index in [9.17, 15) is 4.79 Å². The van der Waals surface area contributed by atoms with Crippen molar-refractivity contribution in [1.82, 2.24) is 10.2 Å². The fourth-order valence-electron chi connectivity index (χ4n) is 2.67. The lowest BCUT2D eigenvalue weighted by atomic mass is 9.83. The SMILES string of the molecule is O=C(OCc1ccc(Cl)cc1)N1CCN[C@@H]2CC[C@H]21. The highest BCUT2D eigenvalue weighted by molar-refractivity contribution is 6.30. The molecule has 1 aromatic carbocycles. The zero-order valence-corrected chi connectivity index (χ0v) is 11.4. The van der Waals surface area contributed by atoms with Gasteiger partial charge in [0.2, 0.25) is 0 Å². The van der Waals surface area contributed by atoms with E-state index in [0.717, 1.165) is 31.5 Å². The molecule has 2 aliphatic rings. The van der Waals surface area contributed by atoms with Gasteiger partial charge in [-0.15, -0.1) is 0 Å². The minimum Gasteiger partial charge on any atom is -0.445 e. The first kappa shape index (κ1) is 12.8. The largest absolute Gasteiger partial charge is 0.445 e. The molecule has 5 heteroatoms. The lowest BCUT2D eigenvalue weighted by molar-refractivity contribution is 0.0288. The molecule has 1 saturated heterocycles. The van der Waals surface area contributed by atoms with Crippen molar-refractivity contribution in [2.24, 2.45) is 0 Å². The van der Waals surface area contributed by atoms with Gasteiger partial charge in [0.05, 0.1) is 6.04 Å². The van der Waals surface area contributed by atoms with Crippen molar-refractivity contribution < 1.29 is 9.53 Å². The quantitative estimate of drug-likeness (QED) is 0.905. The van der Waals surface area contributed by atoms with Crippen LogP contribution in [0.15, 0.2) is 24.3 Å². The second-order valence-corrected chi connectivity index (χ2v) is 5.52. The lowest BCUT2D eigenvalue weighted by Crippen LogP contribution is -2.64. The van der Waals surface area contributed by atoms with Crippen molar-refractivity contribution >= 4 is 17.7 Å². The summed E-state index contributed by atoms with van der Waals surface area (Å²) in [5.41, 5.74) is 0.957. The van der Waals surface area contributed by atoms with Crippen LogP contribution in [0.4, 0.5) is 4.79 Å². The molecule has 0 radical (unpaired) electrons. The Morgan fingerprint density at radius 3 is 2.84 bits per heavy atom. The Labute approximate surface area is 117 Å². The third-order valence-electron chi connectivity index (χ3n) is 3.91. The molecule has 0 unspecified atom stereocenters. The standard InChI is InChI=1S/C14H17ClN2O2/c15-11-3-1-10(2-4-11)9-19-14(18)17-8-7-16-12-5-6-13(12)17/h1-4,12-13,16H,5-9H2/t12-,13-/m1/s1. The topological polar surface area (TPSA) is 41.6 Å². The molecular formula is C14H17ClN2O2. The summed E-state index contributed by atoms with van der Waals surface area (Å²) in [6.07, 6.45) is 2.03. The zero-order valence-electron chi connectivity index (χ0n) is 10.6. The van der Waals surface area contributed by atoms with Gasteiger partial charge in [0.1, 0.15) is 6.61 Å². The van der Waals surface area contributed by atoms with Crippen molar-refractivity contribution in [3.63, 3.8) is 0 Å². The van der Waals surface area contributed by atoms with Gasteiger partial charge in [0, 0.05) is 24.2 Å². The molecule has 1 N–H and O–H groups in total. The summed E-state index contributed by atoms with van der Waals surface area (Å²) in [4.78, 5) is 13.9. The fourth-order valence-corrected chi connectivity index (χ4v) is 2.79. The smallest absolute Gasteiger partial charge is 0.410 e. The van der Waals surface area contributed by atoms with E-state index in [1.54, 1.807) is 12.1 Å². The molecule has 2 atom stereocenters. The molecule has 2 fully saturated rings. The molecule has 1 amide bonds. The molecule has 0 aromatic heterocycles. The van der Waals surface area contributed by atoms with E-state index < -0.39 is 0 Å². The first-order valence-corrected chi connectivity index (χ1v) is 7.03. The van der Waals surface area contributed by atoms with E-state index in [1.807, 2.05) is 17.0 Å². The van der Waals surface area contributed by atoms with Crippen LogP contribution < -0.4 is 5.32 Å². The molecule has 0 bridgehead atoms. The number of piperazine rings is 1. The summed E-state index contributed by atoms with van der Waals surface area (Å²) in [6, 6.07) is 8.15. The number of fused-ring (bicyclic) bond motifs is 1. The van der Waals surface area contributed by atoms with Crippen LogP contribution in [-0.4, -0.2) is 36.2 Å². The van der Waals surface area contributed by atoms with E-state index in [2.05, 4.69) is 5.32 Å². The van der Waals surface area contributed by atoms with E-state index in [4.69, 9.17) is 16.3 Å². The van der Waals surface area contributed by atoms with Gasteiger partial charge < -0.3 is 15.0 Å². The Morgan fingerprint density at radius 2 is 2.16 bits per heavy atom. The number of halogens is 1. The van der Waals surface area contributed by atoms with Crippen LogP contribution >= 0.6 is 11.6 Å². The van der Waals surface area contributed by atoms with Gasteiger partial charge in [0.15, 0.2) is 0 Å². The van der Waals surface area contributed by atoms with E-state index >= 15 is 0 Å². The van der Waals surface area contributed by atoms with Gasteiger partial charge in [-0.25, -0.2) is 4.79 Å². The molecule has 1 aliphatic heterocycles. The average molecular weight is 281 g/mol. The highest BCUT2D eigenvalue weighted by Crippen LogP contribution is 2.28. The van der Waals surface area contributed by atoms with Crippen LogP contribution in [0.1, 0.15) is 18.4 Å². The average Bonchev–Trinajstić information content (AvgIpc) is 2.39. The van der Waals surface area contributed by atoms with Crippen molar-refractivity contribution in [3.05, 3.63) is 34.9 Å². The Morgan fingerprint density at radius 1 is 1.37 bits per heavy atom. The number of nitrogens with one attached hydrogen (secondary N) is 1. The molecule has 1 heterocycles. The van der Waals surface area contributed by atoms with Gasteiger partial charge in [-0.1, -0.05) is 23.7 Å². The van der Waals surface area contributed by atoms with E-state index in [-0.39, 0.29) is 6.09 Å². The van der Waals surface area contributed by atoms with Crippen LogP contribution in [0.3, 0.4) is 0 Å². The maximum atomic E-state index is 12.1. The van der Waals surface area contributed by atoms with Crippen LogP contribution in [0.5, 0.6) is 0 Å². The predicted molar refractivity (Wildman–Crippen MR) is 73.2 cm³/mol. The maximum absolute atomic E-state index is 12.1. The summed E-state index contributed by atoms with van der Waals surface area (Å²) in [6.45, 7) is 1.90. The van der Waals surface area contributed by atoms with Crippen molar-refractivity contribution in [2.45, 2.75) is 31.5 Å². The molecule has 19 heavy (non-hydrogen) atoms. The van der Waals surface area contributed by atoms with Crippen molar-refractivity contribution in [2.75, 3.05) is 13.1 Å². The summed E-state index contributed by atoms with van der Waals surface area (Å²) in [5, 5.41) is 4.11. The van der Waals surface area contributed by atoms with Crippen LogP contribution in [0.2, 0.25) is 5.02 Å². The van der Waals surface area contributed by atoms with Crippen molar-refractivity contribution in [1.29, 1.82) is 0 Å². The Kier molecular flexibility index (Phi) is 3.62. The van der Waals surface area contributed by atoms with Gasteiger partial charge in [-0.05, 0) is 30.5 Å². The Balaban J connectivity index is 1.54. The number of ether oxygens (including phenoxy) is 1. The van der Waals surface area contributed by atoms with Crippen LogP contribution in [-0.2, 0) is 11.3 Å². The van der Waals surface area contributed by atoms with Gasteiger partial charge in [0.25, 0.3) is 0 Å². The van der Waals surface area contributed by atoms with E-state index in [1.165, 1.54) is 0 Å². The van der Waals surface area contributed by atoms with Gasteiger partial charge >= 0.3 is 6.09 Å². The highest BCUT2D eigenvalue weighted by atomic mass is 35.5. The molecular weight excluding hydrogens is 264 g/mol. The minimum atomic E-state index is -0.203. The summed E-state index contributed by atoms with van der Waals surface area (Å²) < 4.78 is 5.38. The monoisotopic (exact) mass is 280 g/mol. The molecule has 1 saturated carbocycles. The molecule has 0 spiro atoms. The summed E-state index contributed by atoms with van der Waals surface area (Å²) in [7, 11) is 0. The number of benzene rings is 1. The second-order valence-electron chi connectivity index (χ2n) is 5.08. The Hall–Kier alpha value is -1.26. The van der Waals surface area contributed by atoms with E-state index in [0.29, 0.717) is 23.7 Å². The molecule has 1 aromatic rings. The molecule has 3 rings (SSSR count). The third-order valence-corrected chi connectivity index (χ3v) is 4.16. The van der Waals surface area contributed by atoms with Gasteiger partial charge in [-0.3, -0.25) is 0 Å². The number of rotatable bonds is 2. The Bertz CT molecular complexity index is 463.